The third kappa shape index (κ3) is 2.45. The molecule has 0 spiro atoms. The number of hydrogen-bond acceptors (Lipinski definition) is 1. The summed E-state index contributed by atoms with van der Waals surface area (Å²) >= 11 is 7.97. The lowest BCUT2D eigenvalue weighted by Gasteiger charge is -2.04. The quantitative estimate of drug-likeness (QED) is 0.480. The third-order valence-corrected chi connectivity index (χ3v) is 4.21. The Bertz CT molecular complexity index is 275. The molecule has 0 N–H and O–H groups in total. The maximum Gasteiger partial charge on any atom is 0.135 e. The molecule has 0 saturated carbocycles. The zero-order valence-corrected chi connectivity index (χ0v) is 11.6. The van der Waals surface area contributed by atoms with Crippen molar-refractivity contribution in [2.24, 2.45) is 0 Å². The Morgan fingerprint density at radius 3 is 2.55 bits per heavy atom. The van der Waals surface area contributed by atoms with E-state index in [0.717, 1.165) is 10.2 Å². The Kier molecular flexibility index (Phi) is 3.90. The fraction of sp³-hybridized carbons (Fsp3) is 0.143. The van der Waals surface area contributed by atoms with Gasteiger partial charge >= 0.3 is 0 Å². The molecule has 60 valence electrons. The Morgan fingerprint density at radius 1 is 1.36 bits per heavy atom. The molecule has 0 bridgehead atoms. The maximum absolute atomic E-state index is 5.15. The van der Waals surface area contributed by atoms with E-state index in [9.17, 15) is 0 Å². The molecule has 0 atom stereocenters. The van der Waals surface area contributed by atoms with Crippen LogP contribution in [0.25, 0.3) is 0 Å². The van der Waals surface area contributed by atoms with Crippen molar-refractivity contribution < 1.29 is 4.74 Å². The molecule has 0 unspecified atom stereocenters. The first-order valence-electron chi connectivity index (χ1n) is 2.83. The number of rotatable bonds is 1. The Labute approximate surface area is 101 Å². The first kappa shape index (κ1) is 10.0. The predicted molar refractivity (Wildman–Crippen MR) is 66.1 cm³/mol. The van der Waals surface area contributed by atoms with E-state index in [0.29, 0.717) is 0 Å². The lowest BCUT2D eigenvalue weighted by atomic mass is 10.3. The van der Waals surface area contributed by atoms with Gasteiger partial charge in [-0.05, 0) is 73.2 Å². The number of benzene rings is 1. The monoisotopic (exact) mass is 438 g/mol. The second-order valence-corrected chi connectivity index (χ2v) is 5.10. The van der Waals surface area contributed by atoms with Crippen molar-refractivity contribution in [3.05, 3.63) is 23.7 Å². The van der Waals surface area contributed by atoms with E-state index in [2.05, 4.69) is 67.2 Å². The van der Waals surface area contributed by atoms with Crippen LogP contribution in [0.2, 0.25) is 0 Å². The molecular formula is C7H5BrI2O. The van der Waals surface area contributed by atoms with Gasteiger partial charge in [-0.1, -0.05) is 0 Å². The minimum atomic E-state index is 0.890. The zero-order chi connectivity index (χ0) is 8.43. The average molecular weight is 439 g/mol. The molecule has 0 fully saturated rings. The summed E-state index contributed by atoms with van der Waals surface area (Å²) in [6.45, 7) is 0. The van der Waals surface area contributed by atoms with Crippen LogP contribution in [0.4, 0.5) is 0 Å². The first-order chi connectivity index (χ1) is 5.15. The molecule has 0 aliphatic carbocycles. The van der Waals surface area contributed by atoms with Gasteiger partial charge in [-0.2, -0.15) is 0 Å². The molecule has 1 aromatic rings. The van der Waals surface area contributed by atoms with Gasteiger partial charge in [0.25, 0.3) is 0 Å². The van der Waals surface area contributed by atoms with E-state index < -0.39 is 0 Å². The van der Waals surface area contributed by atoms with E-state index in [4.69, 9.17) is 4.74 Å². The van der Waals surface area contributed by atoms with Gasteiger partial charge in [0, 0.05) is 7.14 Å². The van der Waals surface area contributed by atoms with Crippen molar-refractivity contribution in [3.63, 3.8) is 0 Å². The van der Waals surface area contributed by atoms with Gasteiger partial charge in [0.15, 0.2) is 0 Å². The number of methoxy groups -OCH3 is 1. The van der Waals surface area contributed by atoms with Gasteiger partial charge in [-0.25, -0.2) is 0 Å². The van der Waals surface area contributed by atoms with Crippen LogP contribution in [-0.4, -0.2) is 7.11 Å². The predicted octanol–water partition coefficient (Wildman–Crippen LogP) is 3.67. The van der Waals surface area contributed by atoms with Gasteiger partial charge in [0.2, 0.25) is 0 Å². The van der Waals surface area contributed by atoms with E-state index >= 15 is 0 Å². The van der Waals surface area contributed by atoms with Crippen molar-refractivity contribution in [2.75, 3.05) is 7.11 Å². The van der Waals surface area contributed by atoms with E-state index in [1.54, 1.807) is 7.11 Å². The highest BCUT2D eigenvalue weighted by atomic mass is 127. The van der Waals surface area contributed by atoms with Crippen molar-refractivity contribution >= 4 is 61.1 Å². The molecule has 4 heteroatoms. The zero-order valence-electron chi connectivity index (χ0n) is 5.70. The third-order valence-electron chi connectivity index (χ3n) is 1.18. The molecule has 0 aliphatic heterocycles. The molecule has 1 rings (SSSR count). The van der Waals surface area contributed by atoms with Gasteiger partial charge < -0.3 is 4.74 Å². The SMILES string of the molecule is COc1cc(I)cc(I)c1Br. The largest absolute Gasteiger partial charge is 0.495 e. The molecule has 11 heavy (non-hydrogen) atoms. The second kappa shape index (κ2) is 4.27. The summed E-state index contributed by atoms with van der Waals surface area (Å²) in [6.07, 6.45) is 0. The highest BCUT2D eigenvalue weighted by Gasteiger charge is 2.04. The van der Waals surface area contributed by atoms with E-state index in [1.165, 1.54) is 7.14 Å². The smallest absolute Gasteiger partial charge is 0.135 e. The van der Waals surface area contributed by atoms with Crippen LogP contribution in [0.5, 0.6) is 5.75 Å². The van der Waals surface area contributed by atoms with Crippen LogP contribution < -0.4 is 4.74 Å². The molecule has 0 heterocycles. The van der Waals surface area contributed by atoms with Gasteiger partial charge in [0.05, 0.1) is 11.6 Å². The molecule has 1 aromatic carbocycles. The van der Waals surface area contributed by atoms with Crippen LogP contribution in [-0.2, 0) is 0 Å². The van der Waals surface area contributed by atoms with Crippen molar-refractivity contribution in [3.8, 4) is 5.75 Å². The molecule has 0 saturated heterocycles. The molecular weight excluding hydrogens is 434 g/mol. The average Bonchev–Trinajstić information content (AvgIpc) is 1.96. The lowest BCUT2D eigenvalue weighted by molar-refractivity contribution is 0.411. The second-order valence-electron chi connectivity index (χ2n) is 1.90. The minimum Gasteiger partial charge on any atom is -0.495 e. The normalized spacial score (nSPS) is 9.82. The fourth-order valence-electron chi connectivity index (χ4n) is 0.681. The summed E-state index contributed by atoms with van der Waals surface area (Å²) in [7, 11) is 1.67. The summed E-state index contributed by atoms with van der Waals surface area (Å²) in [5, 5.41) is 0. The molecule has 0 aliphatic rings. The maximum atomic E-state index is 5.15. The Morgan fingerprint density at radius 2 is 2.00 bits per heavy atom. The topological polar surface area (TPSA) is 9.23 Å². The first-order valence-corrected chi connectivity index (χ1v) is 5.78. The Balaban J connectivity index is 3.24. The van der Waals surface area contributed by atoms with Gasteiger partial charge in [-0.3, -0.25) is 0 Å². The number of hydrogen-bond donors (Lipinski definition) is 0. The number of ether oxygens (including phenoxy) is 1. The minimum absolute atomic E-state index is 0.890. The van der Waals surface area contributed by atoms with Crippen LogP contribution in [0.15, 0.2) is 16.6 Å². The number of halogens is 3. The molecule has 0 aromatic heterocycles. The van der Waals surface area contributed by atoms with Crippen molar-refractivity contribution in [2.45, 2.75) is 0 Å². The summed E-state index contributed by atoms with van der Waals surface area (Å²) in [5.74, 6) is 0.890. The molecule has 1 nitrogen and oxygen atoms in total. The van der Waals surface area contributed by atoms with Gasteiger partial charge in [-0.15, -0.1) is 0 Å². The van der Waals surface area contributed by atoms with Crippen molar-refractivity contribution in [1.82, 2.24) is 0 Å². The van der Waals surface area contributed by atoms with Gasteiger partial charge in [0.1, 0.15) is 5.75 Å². The summed E-state index contributed by atoms with van der Waals surface area (Å²) in [5.41, 5.74) is 0. The van der Waals surface area contributed by atoms with Crippen LogP contribution >= 0.6 is 61.1 Å². The van der Waals surface area contributed by atoms with Crippen LogP contribution in [0.1, 0.15) is 0 Å². The van der Waals surface area contributed by atoms with Crippen LogP contribution in [0.3, 0.4) is 0 Å². The molecule has 0 amide bonds. The lowest BCUT2D eigenvalue weighted by Crippen LogP contribution is -1.87. The summed E-state index contributed by atoms with van der Waals surface area (Å²) in [4.78, 5) is 0. The summed E-state index contributed by atoms with van der Waals surface area (Å²) in [6, 6.07) is 4.08. The van der Waals surface area contributed by atoms with Crippen LogP contribution in [0, 0.1) is 7.14 Å². The fourth-order valence-corrected chi connectivity index (χ4v) is 2.86. The standard InChI is InChI=1S/C7H5BrI2O/c1-11-6-3-4(9)2-5(10)7(6)8/h2-3H,1H3. The summed E-state index contributed by atoms with van der Waals surface area (Å²) < 4.78 is 8.54. The van der Waals surface area contributed by atoms with E-state index in [-0.39, 0.29) is 0 Å². The van der Waals surface area contributed by atoms with Crippen molar-refractivity contribution in [1.29, 1.82) is 0 Å². The molecule has 0 radical (unpaired) electrons. The highest BCUT2D eigenvalue weighted by molar-refractivity contribution is 14.1. The Hall–Kier alpha value is 0.960. The highest BCUT2D eigenvalue weighted by Crippen LogP contribution is 2.31. The van der Waals surface area contributed by atoms with E-state index in [1.807, 2.05) is 6.07 Å².